The summed E-state index contributed by atoms with van der Waals surface area (Å²) in [6, 6.07) is 13.6. The van der Waals surface area contributed by atoms with Gasteiger partial charge in [-0.2, -0.15) is 10.5 Å². The lowest BCUT2D eigenvalue weighted by atomic mass is 9.81. The number of piperidine rings is 1. The van der Waals surface area contributed by atoms with Gasteiger partial charge in [0.15, 0.2) is 0 Å². The highest BCUT2D eigenvalue weighted by Gasteiger charge is 2.32. The number of hydrogen-bond donors (Lipinski definition) is 2. The highest BCUT2D eigenvalue weighted by atomic mass is 32.2. The van der Waals surface area contributed by atoms with Crippen LogP contribution in [-0.2, 0) is 16.0 Å². The fourth-order valence-corrected chi connectivity index (χ4v) is 6.13. The maximum atomic E-state index is 12.4. The van der Waals surface area contributed by atoms with Gasteiger partial charge in [-0.05, 0) is 42.7 Å². The molecule has 2 amide bonds. The van der Waals surface area contributed by atoms with Gasteiger partial charge in [-0.15, -0.1) is 0 Å². The smallest absolute Gasteiger partial charge is 0.235 e. The van der Waals surface area contributed by atoms with E-state index in [2.05, 4.69) is 24.0 Å². The molecule has 2 heterocycles. The monoisotopic (exact) mass is 518 g/mol. The highest BCUT2D eigenvalue weighted by molar-refractivity contribution is 8.00. The van der Waals surface area contributed by atoms with Crippen LogP contribution in [0.2, 0.25) is 0 Å². The molecule has 2 unspecified atom stereocenters. The third-order valence-corrected chi connectivity index (χ3v) is 8.32. The Hall–Kier alpha value is -3.56. The zero-order valence-corrected chi connectivity index (χ0v) is 22.3. The number of benzene rings is 1. The van der Waals surface area contributed by atoms with E-state index in [1.807, 2.05) is 37.3 Å². The van der Waals surface area contributed by atoms with E-state index in [1.165, 1.54) is 0 Å². The number of nitriles is 2. The second-order valence-electron chi connectivity index (χ2n) is 9.33. The Balaban J connectivity index is 1.97. The summed E-state index contributed by atoms with van der Waals surface area (Å²) in [5, 5.41) is 19.7. The molecule has 1 aliphatic heterocycles. The quantitative estimate of drug-likeness (QED) is 0.423. The van der Waals surface area contributed by atoms with Crippen LogP contribution < -0.4 is 16.4 Å². The van der Waals surface area contributed by atoms with Crippen LogP contribution >= 0.6 is 11.8 Å². The molecule has 1 fully saturated rings. The molecule has 1 aromatic carbocycles. The van der Waals surface area contributed by atoms with Crippen molar-refractivity contribution in [2.75, 3.05) is 18.0 Å². The number of nitrogens with two attached hydrogens (primary N) is 2. The summed E-state index contributed by atoms with van der Waals surface area (Å²) in [6.45, 7) is 5.25. The molecular formula is C28H34N6O2S. The van der Waals surface area contributed by atoms with Gasteiger partial charge in [0.05, 0.1) is 11.1 Å². The van der Waals surface area contributed by atoms with Gasteiger partial charge in [-0.1, -0.05) is 68.8 Å². The molecule has 0 spiro atoms. The number of unbranched alkanes of at least 4 members (excludes halogenated alkanes) is 1. The molecule has 3 rings (SSSR count). The van der Waals surface area contributed by atoms with Crippen LogP contribution in [0.1, 0.15) is 73.5 Å². The molecule has 2 atom stereocenters. The molecule has 1 saturated heterocycles. The minimum Gasteiger partial charge on any atom is -0.369 e. The van der Waals surface area contributed by atoms with Gasteiger partial charge < -0.3 is 16.4 Å². The molecule has 1 aromatic heterocycles. The van der Waals surface area contributed by atoms with Crippen molar-refractivity contribution in [2.24, 2.45) is 23.3 Å². The molecule has 2 aromatic rings. The second kappa shape index (κ2) is 13.1. The Bertz CT molecular complexity index is 1200. The summed E-state index contributed by atoms with van der Waals surface area (Å²) in [7, 11) is 0. The molecule has 37 heavy (non-hydrogen) atoms. The van der Waals surface area contributed by atoms with E-state index in [4.69, 9.17) is 16.5 Å². The van der Waals surface area contributed by atoms with Crippen molar-refractivity contribution < 1.29 is 9.59 Å². The van der Waals surface area contributed by atoms with Gasteiger partial charge in [-0.25, -0.2) is 4.98 Å². The van der Waals surface area contributed by atoms with E-state index in [9.17, 15) is 20.1 Å². The van der Waals surface area contributed by atoms with Gasteiger partial charge in [0.25, 0.3) is 0 Å². The van der Waals surface area contributed by atoms with E-state index in [0.717, 1.165) is 49.4 Å². The number of nitrogens with zero attached hydrogens (tertiary/aromatic N) is 4. The van der Waals surface area contributed by atoms with Crippen molar-refractivity contribution in [2.45, 2.75) is 62.6 Å². The average molecular weight is 519 g/mol. The van der Waals surface area contributed by atoms with E-state index in [-0.39, 0.29) is 17.7 Å². The molecule has 4 N–H and O–H groups in total. The second-order valence-corrected chi connectivity index (χ2v) is 10.4. The molecular weight excluding hydrogens is 484 g/mol. The minimum atomic E-state index is -0.730. The van der Waals surface area contributed by atoms with Gasteiger partial charge in [0.1, 0.15) is 28.2 Å². The number of hydrogen-bond acceptors (Lipinski definition) is 7. The maximum Gasteiger partial charge on any atom is 0.235 e. The zero-order chi connectivity index (χ0) is 26.9. The number of amides is 2. The SMILES string of the molecule is CCCCC(C(N)=O)C1CCN(c2nc(SC(C(N)=O)c3ccccc3)c(C#N)c(CC)c2C#N)CC1. The molecule has 8 nitrogen and oxygen atoms in total. The van der Waals surface area contributed by atoms with Crippen LogP contribution in [0.4, 0.5) is 5.82 Å². The average Bonchev–Trinajstić information content (AvgIpc) is 2.91. The number of rotatable bonds is 11. The molecule has 194 valence electrons. The fourth-order valence-electron chi connectivity index (χ4n) is 5.08. The Morgan fingerprint density at radius 2 is 1.73 bits per heavy atom. The third kappa shape index (κ3) is 6.42. The van der Waals surface area contributed by atoms with E-state index < -0.39 is 11.2 Å². The first kappa shape index (κ1) is 28.0. The van der Waals surface area contributed by atoms with Gasteiger partial charge in [0.2, 0.25) is 11.8 Å². The Kier molecular flexibility index (Phi) is 9.93. The van der Waals surface area contributed by atoms with Gasteiger partial charge in [-0.3, -0.25) is 9.59 Å². The summed E-state index contributed by atoms with van der Waals surface area (Å²) in [5.74, 6) is -0.213. The lowest BCUT2D eigenvalue weighted by molar-refractivity contribution is -0.124. The van der Waals surface area contributed by atoms with E-state index >= 15 is 0 Å². The molecule has 0 aliphatic carbocycles. The van der Waals surface area contributed by atoms with Crippen molar-refractivity contribution >= 4 is 29.4 Å². The van der Waals surface area contributed by atoms with Crippen LogP contribution in [0, 0.1) is 34.5 Å². The van der Waals surface area contributed by atoms with Crippen molar-refractivity contribution in [3.05, 3.63) is 52.6 Å². The predicted octanol–water partition coefficient (Wildman–Crippen LogP) is 4.21. The summed E-state index contributed by atoms with van der Waals surface area (Å²) >= 11 is 1.14. The molecule has 0 bridgehead atoms. The van der Waals surface area contributed by atoms with Crippen molar-refractivity contribution in [1.29, 1.82) is 10.5 Å². The first-order valence-corrected chi connectivity index (χ1v) is 13.7. The topological polar surface area (TPSA) is 150 Å². The Morgan fingerprint density at radius 3 is 2.24 bits per heavy atom. The fraction of sp³-hybridized carbons (Fsp3) is 0.464. The van der Waals surface area contributed by atoms with Crippen molar-refractivity contribution in [3.8, 4) is 12.1 Å². The van der Waals surface area contributed by atoms with Crippen LogP contribution in [-0.4, -0.2) is 29.9 Å². The maximum absolute atomic E-state index is 12.4. The lowest BCUT2D eigenvalue weighted by Gasteiger charge is -2.36. The minimum absolute atomic E-state index is 0.147. The van der Waals surface area contributed by atoms with Crippen molar-refractivity contribution in [3.63, 3.8) is 0 Å². The summed E-state index contributed by atoms with van der Waals surface area (Å²) in [5.41, 5.74) is 13.5. The first-order chi connectivity index (χ1) is 17.9. The molecule has 0 radical (unpaired) electrons. The normalized spacial score (nSPS) is 15.4. The van der Waals surface area contributed by atoms with Crippen LogP contribution in [0.15, 0.2) is 35.4 Å². The zero-order valence-electron chi connectivity index (χ0n) is 21.4. The number of carbonyl (C=O) groups is 2. The van der Waals surface area contributed by atoms with E-state index in [0.29, 0.717) is 47.0 Å². The number of primary amides is 2. The van der Waals surface area contributed by atoms with E-state index in [1.54, 1.807) is 0 Å². The number of anilines is 1. The van der Waals surface area contributed by atoms with Crippen LogP contribution in [0.25, 0.3) is 0 Å². The molecule has 0 saturated carbocycles. The number of thioether (sulfide) groups is 1. The largest absolute Gasteiger partial charge is 0.369 e. The number of aromatic nitrogens is 1. The summed E-state index contributed by atoms with van der Waals surface area (Å²) in [6.07, 6.45) is 4.78. The Morgan fingerprint density at radius 1 is 1.08 bits per heavy atom. The van der Waals surface area contributed by atoms with Crippen LogP contribution in [0.3, 0.4) is 0 Å². The van der Waals surface area contributed by atoms with Gasteiger partial charge in [0, 0.05) is 19.0 Å². The van der Waals surface area contributed by atoms with Gasteiger partial charge >= 0.3 is 0 Å². The summed E-state index contributed by atoms with van der Waals surface area (Å²) in [4.78, 5) is 31.3. The highest BCUT2D eigenvalue weighted by Crippen LogP contribution is 2.40. The first-order valence-electron chi connectivity index (χ1n) is 12.8. The molecule has 1 aliphatic rings. The Labute approximate surface area is 223 Å². The lowest BCUT2D eigenvalue weighted by Crippen LogP contribution is -2.40. The summed E-state index contributed by atoms with van der Waals surface area (Å²) < 4.78 is 0. The molecule has 9 heteroatoms. The standard InChI is InChI=1S/C28H34N6O2S/c1-3-5-11-21(25(31)35)18-12-14-34(15-13-18)27-22(16-29)20(4-2)23(17-30)28(33-27)37-24(26(32)36)19-9-7-6-8-10-19/h6-10,18,21,24H,3-5,11-15H2,1-2H3,(H2,31,35)(H2,32,36). The van der Waals surface area contributed by atoms with Crippen molar-refractivity contribution in [1.82, 2.24) is 4.98 Å². The predicted molar refractivity (Wildman–Crippen MR) is 144 cm³/mol. The third-order valence-electron chi connectivity index (χ3n) is 7.06. The number of pyridine rings is 1. The van der Waals surface area contributed by atoms with Crippen LogP contribution in [0.5, 0.6) is 0 Å². The number of carbonyl (C=O) groups excluding carboxylic acids is 2.